The van der Waals surface area contributed by atoms with Gasteiger partial charge >= 0.3 is 6.03 Å². The van der Waals surface area contributed by atoms with Crippen LogP contribution in [0.4, 0.5) is 9.18 Å². The van der Waals surface area contributed by atoms with Crippen LogP contribution in [-0.4, -0.2) is 40.7 Å². The van der Waals surface area contributed by atoms with Crippen molar-refractivity contribution >= 4 is 6.03 Å². The second kappa shape index (κ2) is 8.98. The molecular formula is C18H22FN3O2. The maximum atomic E-state index is 13.6. The lowest BCUT2D eigenvalue weighted by atomic mass is 10.0. The van der Waals surface area contributed by atoms with E-state index in [1.165, 1.54) is 17.0 Å². The molecule has 1 heterocycles. The van der Waals surface area contributed by atoms with Crippen LogP contribution in [0.3, 0.4) is 0 Å². The van der Waals surface area contributed by atoms with Gasteiger partial charge in [0.25, 0.3) is 0 Å². The maximum absolute atomic E-state index is 13.6. The van der Waals surface area contributed by atoms with Crippen LogP contribution in [0.15, 0.2) is 48.7 Å². The molecule has 2 aromatic rings. The smallest absolute Gasteiger partial charge is 0.318 e. The average molecular weight is 331 g/mol. The summed E-state index contributed by atoms with van der Waals surface area (Å²) in [6.07, 6.45) is 2.41. The molecule has 0 aliphatic carbocycles. The minimum Gasteiger partial charge on any atom is -0.395 e. The fourth-order valence-electron chi connectivity index (χ4n) is 2.48. The summed E-state index contributed by atoms with van der Waals surface area (Å²) in [6.45, 7) is 2.63. The lowest BCUT2D eigenvalue weighted by Gasteiger charge is -2.26. The van der Waals surface area contributed by atoms with Crippen LogP contribution in [0.5, 0.6) is 0 Å². The third kappa shape index (κ3) is 4.76. The van der Waals surface area contributed by atoms with Gasteiger partial charge in [-0.1, -0.05) is 25.1 Å². The van der Waals surface area contributed by atoms with Gasteiger partial charge in [-0.2, -0.15) is 0 Å². The molecule has 0 aliphatic heterocycles. The summed E-state index contributed by atoms with van der Waals surface area (Å²) in [5.41, 5.74) is 1.24. The summed E-state index contributed by atoms with van der Waals surface area (Å²) in [5.74, 6) is -0.372. The molecule has 128 valence electrons. The third-order valence-corrected chi connectivity index (χ3v) is 3.58. The van der Waals surface area contributed by atoms with Gasteiger partial charge in [0.15, 0.2) is 0 Å². The number of rotatable bonds is 7. The zero-order chi connectivity index (χ0) is 17.4. The van der Waals surface area contributed by atoms with Gasteiger partial charge in [0.2, 0.25) is 0 Å². The number of hydrogen-bond donors (Lipinski definition) is 2. The fraction of sp³-hybridized carbons (Fsp3) is 0.333. The predicted octanol–water partition coefficient (Wildman–Crippen LogP) is 2.72. The van der Waals surface area contributed by atoms with E-state index in [0.29, 0.717) is 17.8 Å². The van der Waals surface area contributed by atoms with Crippen LogP contribution in [-0.2, 0) is 0 Å². The number of urea groups is 1. The van der Waals surface area contributed by atoms with E-state index in [4.69, 9.17) is 5.11 Å². The zero-order valence-corrected chi connectivity index (χ0v) is 13.7. The average Bonchev–Trinajstić information content (AvgIpc) is 2.60. The second-order valence-corrected chi connectivity index (χ2v) is 5.40. The number of hydrogen-bond acceptors (Lipinski definition) is 3. The predicted molar refractivity (Wildman–Crippen MR) is 90.0 cm³/mol. The van der Waals surface area contributed by atoms with Gasteiger partial charge in [0.05, 0.1) is 18.3 Å². The number of amides is 2. The molecule has 1 aromatic heterocycles. The van der Waals surface area contributed by atoms with Crippen molar-refractivity contribution in [3.05, 3.63) is 65.7 Å². The summed E-state index contributed by atoms with van der Waals surface area (Å²) in [4.78, 5) is 18.4. The molecule has 0 fully saturated rings. The fourth-order valence-corrected chi connectivity index (χ4v) is 2.48. The first-order chi connectivity index (χ1) is 11.7. The Hall–Kier alpha value is -2.47. The first-order valence-electron chi connectivity index (χ1n) is 7.98. The minimum atomic E-state index is -0.563. The molecule has 2 rings (SSSR count). The Balaban J connectivity index is 2.28. The van der Waals surface area contributed by atoms with Crippen molar-refractivity contribution in [1.29, 1.82) is 0 Å². The highest BCUT2D eigenvalue weighted by molar-refractivity contribution is 5.75. The lowest BCUT2D eigenvalue weighted by molar-refractivity contribution is 0.175. The van der Waals surface area contributed by atoms with Crippen molar-refractivity contribution in [3.8, 4) is 0 Å². The standard InChI is InChI=1S/C18H22FN3O2/c1-2-10-22(11-12-23)18(24)21-17(16-8-3-4-9-20-16)14-6-5-7-15(19)13-14/h3-9,13,17,23H,2,10-12H2,1H3,(H,21,24). The van der Waals surface area contributed by atoms with Crippen molar-refractivity contribution < 1.29 is 14.3 Å². The number of pyridine rings is 1. The quantitative estimate of drug-likeness (QED) is 0.820. The van der Waals surface area contributed by atoms with Gasteiger partial charge in [0.1, 0.15) is 5.82 Å². The number of benzene rings is 1. The number of nitrogens with one attached hydrogen (secondary N) is 1. The molecule has 2 N–H and O–H groups in total. The summed E-state index contributed by atoms with van der Waals surface area (Å²) < 4.78 is 13.6. The summed E-state index contributed by atoms with van der Waals surface area (Å²) in [7, 11) is 0. The molecule has 0 saturated heterocycles. The van der Waals surface area contributed by atoms with Crippen molar-refractivity contribution in [2.45, 2.75) is 19.4 Å². The van der Waals surface area contributed by atoms with E-state index < -0.39 is 6.04 Å². The summed E-state index contributed by atoms with van der Waals surface area (Å²) in [5, 5.41) is 12.0. The van der Waals surface area contributed by atoms with Crippen LogP contribution in [0.1, 0.15) is 30.6 Å². The molecule has 24 heavy (non-hydrogen) atoms. The van der Waals surface area contributed by atoms with Crippen LogP contribution in [0, 0.1) is 5.82 Å². The molecule has 0 saturated carbocycles. The van der Waals surface area contributed by atoms with Gasteiger partial charge in [-0.15, -0.1) is 0 Å². The van der Waals surface area contributed by atoms with Gasteiger partial charge in [-0.25, -0.2) is 9.18 Å². The van der Waals surface area contributed by atoms with Crippen LogP contribution in [0.25, 0.3) is 0 Å². The molecule has 6 heteroatoms. The monoisotopic (exact) mass is 331 g/mol. The molecule has 0 radical (unpaired) electrons. The first kappa shape index (κ1) is 17.9. The van der Waals surface area contributed by atoms with E-state index in [2.05, 4.69) is 10.3 Å². The number of carbonyl (C=O) groups is 1. The number of aliphatic hydroxyl groups is 1. The van der Waals surface area contributed by atoms with Gasteiger partial charge < -0.3 is 15.3 Å². The van der Waals surface area contributed by atoms with E-state index in [-0.39, 0.29) is 25.0 Å². The van der Waals surface area contributed by atoms with Crippen LogP contribution >= 0.6 is 0 Å². The number of aromatic nitrogens is 1. The molecule has 0 spiro atoms. The van der Waals surface area contributed by atoms with Crippen molar-refractivity contribution in [1.82, 2.24) is 15.2 Å². The summed E-state index contributed by atoms with van der Waals surface area (Å²) in [6, 6.07) is 10.6. The number of aliphatic hydroxyl groups excluding tert-OH is 1. The van der Waals surface area contributed by atoms with Crippen molar-refractivity contribution in [2.24, 2.45) is 0 Å². The van der Waals surface area contributed by atoms with Crippen LogP contribution < -0.4 is 5.32 Å². The Kier molecular flexibility index (Phi) is 6.69. The molecule has 5 nitrogen and oxygen atoms in total. The molecule has 1 aromatic carbocycles. The lowest BCUT2D eigenvalue weighted by Crippen LogP contribution is -2.43. The zero-order valence-electron chi connectivity index (χ0n) is 13.7. The Labute approximate surface area is 141 Å². The molecular weight excluding hydrogens is 309 g/mol. The second-order valence-electron chi connectivity index (χ2n) is 5.40. The normalized spacial score (nSPS) is 11.8. The first-order valence-corrected chi connectivity index (χ1v) is 7.98. The molecule has 0 bridgehead atoms. The van der Waals surface area contributed by atoms with E-state index in [1.54, 1.807) is 30.5 Å². The van der Waals surface area contributed by atoms with E-state index >= 15 is 0 Å². The highest BCUT2D eigenvalue weighted by Gasteiger charge is 2.21. The molecule has 0 aliphatic rings. The highest BCUT2D eigenvalue weighted by atomic mass is 19.1. The molecule has 1 unspecified atom stereocenters. The highest BCUT2D eigenvalue weighted by Crippen LogP contribution is 2.21. The van der Waals surface area contributed by atoms with E-state index in [0.717, 1.165) is 6.42 Å². The molecule has 2 amide bonds. The Morgan fingerprint density at radius 3 is 2.75 bits per heavy atom. The molecule has 1 atom stereocenters. The van der Waals surface area contributed by atoms with Gasteiger partial charge in [-0.3, -0.25) is 4.98 Å². The largest absolute Gasteiger partial charge is 0.395 e. The maximum Gasteiger partial charge on any atom is 0.318 e. The minimum absolute atomic E-state index is 0.109. The van der Waals surface area contributed by atoms with Gasteiger partial charge in [-0.05, 0) is 36.2 Å². The van der Waals surface area contributed by atoms with Crippen molar-refractivity contribution in [2.75, 3.05) is 19.7 Å². The topological polar surface area (TPSA) is 65.5 Å². The number of carbonyl (C=O) groups excluding carboxylic acids is 1. The van der Waals surface area contributed by atoms with E-state index in [9.17, 15) is 9.18 Å². The van der Waals surface area contributed by atoms with Crippen LogP contribution in [0.2, 0.25) is 0 Å². The summed E-state index contributed by atoms with van der Waals surface area (Å²) >= 11 is 0. The number of halogens is 1. The Morgan fingerprint density at radius 2 is 2.12 bits per heavy atom. The Bertz CT molecular complexity index is 646. The Morgan fingerprint density at radius 1 is 1.29 bits per heavy atom. The van der Waals surface area contributed by atoms with E-state index in [1.807, 2.05) is 13.0 Å². The number of nitrogens with zero attached hydrogens (tertiary/aromatic N) is 2. The third-order valence-electron chi connectivity index (χ3n) is 3.58. The van der Waals surface area contributed by atoms with Gasteiger partial charge in [0, 0.05) is 19.3 Å². The SMILES string of the molecule is CCCN(CCO)C(=O)NC(c1cccc(F)c1)c1ccccn1. The van der Waals surface area contributed by atoms with Crippen molar-refractivity contribution in [3.63, 3.8) is 0 Å².